The van der Waals surface area contributed by atoms with Gasteiger partial charge in [-0.1, -0.05) is 133 Å². The van der Waals surface area contributed by atoms with Gasteiger partial charge in [-0.3, -0.25) is 0 Å². The highest BCUT2D eigenvalue weighted by atomic mass is 16.5. The van der Waals surface area contributed by atoms with Gasteiger partial charge in [0.25, 0.3) is 0 Å². The van der Waals surface area contributed by atoms with Crippen molar-refractivity contribution in [1.29, 1.82) is 0 Å². The number of methoxy groups -OCH3 is 2. The monoisotopic (exact) mass is 1020 g/mol. The molecule has 0 spiro atoms. The second-order valence-corrected chi connectivity index (χ2v) is 19.8. The smallest absolute Gasteiger partial charge is 0.124 e. The average Bonchev–Trinajstić information content (AvgIpc) is 3.49. The first-order valence-corrected chi connectivity index (χ1v) is 27.3. The molecule has 10 nitrogen and oxygen atoms in total. The maximum absolute atomic E-state index is 5.98. The summed E-state index contributed by atoms with van der Waals surface area (Å²) < 4.78 is 34.3. The van der Waals surface area contributed by atoms with E-state index in [0.29, 0.717) is 63.6 Å². The van der Waals surface area contributed by atoms with Gasteiger partial charge in [-0.05, 0) is 118 Å². The van der Waals surface area contributed by atoms with Gasteiger partial charge >= 0.3 is 0 Å². The van der Waals surface area contributed by atoms with Gasteiger partial charge in [-0.15, -0.1) is 0 Å². The molecule has 76 heavy (non-hydrogen) atoms. The summed E-state index contributed by atoms with van der Waals surface area (Å²) in [6.07, 6.45) is 3.93. The number of benzene rings is 8. The molecular weight excluding hydrogens is 945 g/mol. The van der Waals surface area contributed by atoms with Crippen LogP contribution in [0.5, 0.6) is 23.0 Å². The zero-order valence-electron chi connectivity index (χ0n) is 44.4. The highest BCUT2D eigenvalue weighted by Crippen LogP contribution is 2.30. The summed E-state index contributed by atoms with van der Waals surface area (Å²) in [6.45, 7) is 9.45. The number of fused-ring (bicyclic) bond motifs is 2. The number of para-hydroxylation sites is 2. The molecule has 0 radical (unpaired) electrons. The Bertz CT molecular complexity index is 2780. The molecule has 2 heterocycles. The van der Waals surface area contributed by atoms with E-state index >= 15 is 0 Å². The van der Waals surface area contributed by atoms with E-state index in [1.54, 1.807) is 14.2 Å². The first kappa shape index (κ1) is 54.0. The molecule has 10 heteroatoms. The molecule has 0 aromatic heterocycles. The van der Waals surface area contributed by atoms with E-state index in [4.69, 9.17) is 28.4 Å². The first-order valence-electron chi connectivity index (χ1n) is 27.3. The Hall–Kier alpha value is -6.76. The van der Waals surface area contributed by atoms with Gasteiger partial charge in [0.15, 0.2) is 0 Å². The fourth-order valence-corrected chi connectivity index (χ4v) is 10.5. The van der Waals surface area contributed by atoms with Crippen molar-refractivity contribution in [3.8, 4) is 23.0 Å². The minimum Gasteiger partial charge on any atom is -0.496 e. The van der Waals surface area contributed by atoms with Crippen molar-refractivity contribution in [1.82, 2.24) is 21.3 Å². The number of hydrogen-bond donors (Lipinski definition) is 4. The summed E-state index contributed by atoms with van der Waals surface area (Å²) in [7, 11) is 3.37. The largest absolute Gasteiger partial charge is 0.496 e. The third-order valence-corrected chi connectivity index (χ3v) is 14.6. The summed E-state index contributed by atoms with van der Waals surface area (Å²) >= 11 is 0. The van der Waals surface area contributed by atoms with E-state index in [-0.39, 0.29) is 0 Å². The van der Waals surface area contributed by atoms with Gasteiger partial charge in [-0.2, -0.15) is 0 Å². The lowest BCUT2D eigenvalue weighted by Crippen LogP contribution is -2.47. The fourth-order valence-electron chi connectivity index (χ4n) is 10.5. The standard InChI is InChI=1S/2C33H38N2O3/c2*1-36-33-10-5-4-9-29(33)24-37-19-6-20-38-30-15-13-27(14-16-30)31-17-18-34-23-32(31)35-22-25-11-12-26-7-2-3-8-28(26)21-25/h2*2-5,7-16,21,31-32,34-35H,6,17-20,22-24H2,1H3/t2*31-,32-/m10/s1. The molecule has 8 aromatic carbocycles. The van der Waals surface area contributed by atoms with E-state index in [1.165, 1.54) is 43.8 Å². The topological polar surface area (TPSA) is 104 Å². The first-order chi connectivity index (χ1) is 37.6. The van der Waals surface area contributed by atoms with Crippen LogP contribution in [0, 0.1) is 0 Å². The molecule has 2 saturated heterocycles. The van der Waals surface area contributed by atoms with Crippen LogP contribution in [0.25, 0.3) is 21.5 Å². The zero-order valence-corrected chi connectivity index (χ0v) is 44.4. The Morgan fingerprint density at radius 2 is 0.842 bits per heavy atom. The highest BCUT2D eigenvalue weighted by Gasteiger charge is 2.27. The van der Waals surface area contributed by atoms with Gasteiger partial charge in [0, 0.05) is 74.1 Å². The number of rotatable bonds is 24. The minimum atomic E-state index is 0.391. The molecule has 4 atom stereocenters. The number of hydrogen-bond acceptors (Lipinski definition) is 10. The Morgan fingerprint density at radius 3 is 1.28 bits per heavy atom. The lowest BCUT2D eigenvalue weighted by molar-refractivity contribution is 0.105. The summed E-state index contributed by atoms with van der Waals surface area (Å²) in [5, 5.41) is 19.9. The Labute approximate surface area is 450 Å². The van der Waals surface area contributed by atoms with E-state index in [0.717, 1.165) is 99.1 Å². The van der Waals surface area contributed by atoms with Crippen molar-refractivity contribution < 1.29 is 28.4 Å². The molecule has 2 aliphatic rings. The summed E-state index contributed by atoms with van der Waals surface area (Å²) in [6, 6.07) is 64.6. The molecule has 0 aliphatic carbocycles. The highest BCUT2D eigenvalue weighted by molar-refractivity contribution is 5.83. The van der Waals surface area contributed by atoms with Gasteiger partial charge in [0.1, 0.15) is 23.0 Å². The molecule has 396 valence electrons. The lowest BCUT2D eigenvalue weighted by Gasteiger charge is -2.33. The maximum Gasteiger partial charge on any atom is 0.124 e. The van der Waals surface area contributed by atoms with Crippen molar-refractivity contribution in [2.45, 2.75) is 75.9 Å². The van der Waals surface area contributed by atoms with Crippen LogP contribution < -0.4 is 40.2 Å². The van der Waals surface area contributed by atoms with Crippen molar-refractivity contribution >= 4 is 21.5 Å². The normalized spacial score (nSPS) is 17.4. The summed E-state index contributed by atoms with van der Waals surface area (Å²) in [4.78, 5) is 0. The van der Waals surface area contributed by atoms with Crippen LogP contribution in [0.1, 0.15) is 70.9 Å². The van der Waals surface area contributed by atoms with Crippen molar-refractivity contribution in [3.63, 3.8) is 0 Å². The molecule has 4 N–H and O–H groups in total. The Morgan fingerprint density at radius 1 is 0.434 bits per heavy atom. The molecule has 10 rings (SSSR count). The SMILES string of the molecule is COc1ccccc1COCCCOc1ccc([C@@H]2CCNC[C@@H]2NCc2ccc3ccccc3c2)cc1.COc1ccccc1COCCCOc1ccc([C@H]2CCNC[C@H]2NCc2ccc3ccccc3c2)cc1. The minimum absolute atomic E-state index is 0.391. The van der Waals surface area contributed by atoms with Crippen LogP contribution in [0.2, 0.25) is 0 Å². The van der Waals surface area contributed by atoms with Crippen LogP contribution >= 0.6 is 0 Å². The molecule has 0 unspecified atom stereocenters. The fraction of sp³-hybridized carbons (Fsp3) is 0.333. The zero-order chi connectivity index (χ0) is 52.0. The molecule has 2 fully saturated rings. The second kappa shape index (κ2) is 28.9. The van der Waals surface area contributed by atoms with E-state index in [1.807, 2.05) is 48.5 Å². The van der Waals surface area contributed by atoms with E-state index in [9.17, 15) is 0 Å². The number of ether oxygens (including phenoxy) is 6. The van der Waals surface area contributed by atoms with Gasteiger partial charge in [0.2, 0.25) is 0 Å². The maximum atomic E-state index is 5.98. The van der Waals surface area contributed by atoms with Crippen LogP contribution in [0.15, 0.2) is 182 Å². The molecule has 0 saturated carbocycles. The molecule has 2 aliphatic heterocycles. The average molecular weight is 1020 g/mol. The molecule has 8 aromatic rings. The Balaban J connectivity index is 0.000000186. The quantitative estimate of drug-likeness (QED) is 0.0438. The van der Waals surface area contributed by atoms with Crippen LogP contribution in [0.4, 0.5) is 0 Å². The Kier molecular flexibility index (Phi) is 20.6. The lowest BCUT2D eigenvalue weighted by atomic mass is 9.86. The predicted octanol–water partition coefficient (Wildman–Crippen LogP) is 12.1. The summed E-state index contributed by atoms with van der Waals surface area (Å²) in [5.74, 6) is 4.51. The van der Waals surface area contributed by atoms with E-state index < -0.39 is 0 Å². The van der Waals surface area contributed by atoms with Crippen LogP contribution in [-0.2, 0) is 35.8 Å². The third kappa shape index (κ3) is 15.7. The van der Waals surface area contributed by atoms with Gasteiger partial charge < -0.3 is 49.7 Å². The van der Waals surface area contributed by atoms with Gasteiger partial charge in [-0.25, -0.2) is 0 Å². The van der Waals surface area contributed by atoms with Crippen LogP contribution in [-0.4, -0.2) is 78.9 Å². The predicted molar refractivity (Wildman–Crippen MR) is 308 cm³/mol. The molecule has 0 bridgehead atoms. The number of nitrogens with one attached hydrogen (secondary N) is 4. The van der Waals surface area contributed by atoms with Crippen molar-refractivity contribution in [3.05, 3.63) is 215 Å². The second-order valence-electron chi connectivity index (χ2n) is 19.8. The number of piperidine rings is 2. The van der Waals surface area contributed by atoms with Crippen LogP contribution in [0.3, 0.4) is 0 Å². The van der Waals surface area contributed by atoms with Crippen molar-refractivity contribution in [2.24, 2.45) is 0 Å². The third-order valence-electron chi connectivity index (χ3n) is 14.6. The van der Waals surface area contributed by atoms with E-state index in [2.05, 4.69) is 155 Å². The van der Waals surface area contributed by atoms with Gasteiger partial charge in [0.05, 0.1) is 53.9 Å². The summed E-state index contributed by atoms with van der Waals surface area (Å²) in [5.41, 5.74) is 7.52. The molecular formula is C66H76N4O6. The molecule has 0 amide bonds. The van der Waals surface area contributed by atoms with Crippen molar-refractivity contribution in [2.75, 3.05) is 66.8 Å².